The summed E-state index contributed by atoms with van der Waals surface area (Å²) in [5, 5.41) is 0. The summed E-state index contributed by atoms with van der Waals surface area (Å²) in [6.45, 7) is 0. The third-order valence-corrected chi connectivity index (χ3v) is 5.34. The van der Waals surface area contributed by atoms with E-state index in [2.05, 4.69) is 4.74 Å². The number of Topliss-reactive ketones (excluding diaryl/α,β-unsaturated/α-hetero) is 2. The molecule has 0 spiro atoms. The van der Waals surface area contributed by atoms with Gasteiger partial charge in [0.25, 0.3) is 0 Å². The molecule has 1 unspecified atom stereocenters. The minimum atomic E-state index is -2.14. The molecular weight excluding hydrogens is 411 g/mol. The van der Waals surface area contributed by atoms with Crippen LogP contribution in [0, 0.1) is 11.2 Å². The largest absolute Gasteiger partial charge is 0.469 e. The second-order valence-corrected chi connectivity index (χ2v) is 7.58. The Bertz CT molecular complexity index is 907. The second kappa shape index (κ2) is 9.07. The fraction of sp³-hybridized carbons (Fsp3) is 0.263. The Kier molecular flexibility index (Phi) is 7.04. The van der Waals surface area contributed by atoms with Gasteiger partial charge in [0.2, 0.25) is 0 Å². The molecule has 9 heteroatoms. The number of thiophene rings is 1. The van der Waals surface area contributed by atoms with E-state index < -0.39 is 47.6 Å². The number of hydrogen-bond donors (Lipinski definition) is 0. The van der Waals surface area contributed by atoms with Crippen LogP contribution in [-0.4, -0.2) is 37.7 Å². The summed E-state index contributed by atoms with van der Waals surface area (Å²) >= 11 is 6.78. The number of carbonyl (C=O) groups is 4. The van der Waals surface area contributed by atoms with E-state index in [-0.39, 0.29) is 10.4 Å². The number of benzene rings is 1. The smallest absolute Gasteiger partial charge is 0.320 e. The van der Waals surface area contributed by atoms with E-state index in [0.717, 1.165) is 37.7 Å². The van der Waals surface area contributed by atoms with Gasteiger partial charge in [-0.05, 0) is 36.4 Å². The maximum atomic E-state index is 13.2. The number of halogens is 2. The molecule has 28 heavy (non-hydrogen) atoms. The Hall–Kier alpha value is -2.58. The molecule has 0 radical (unpaired) electrons. The molecule has 0 aliphatic heterocycles. The maximum Gasteiger partial charge on any atom is 0.320 e. The average molecular weight is 427 g/mol. The van der Waals surface area contributed by atoms with E-state index >= 15 is 0 Å². The van der Waals surface area contributed by atoms with Gasteiger partial charge in [0, 0.05) is 12.0 Å². The maximum absolute atomic E-state index is 13.2. The van der Waals surface area contributed by atoms with E-state index in [0.29, 0.717) is 4.34 Å². The van der Waals surface area contributed by atoms with Crippen molar-refractivity contribution in [3.8, 4) is 0 Å². The van der Waals surface area contributed by atoms with Crippen molar-refractivity contribution in [3.63, 3.8) is 0 Å². The summed E-state index contributed by atoms with van der Waals surface area (Å²) in [5.41, 5.74) is -2.06. The van der Waals surface area contributed by atoms with Crippen molar-refractivity contribution >= 4 is 46.4 Å². The molecule has 2 rings (SSSR count). The minimum Gasteiger partial charge on any atom is -0.469 e. The lowest BCUT2D eigenvalue weighted by Crippen LogP contribution is -2.44. The van der Waals surface area contributed by atoms with Crippen molar-refractivity contribution in [2.75, 3.05) is 14.2 Å². The molecule has 0 amide bonds. The van der Waals surface area contributed by atoms with Gasteiger partial charge >= 0.3 is 11.9 Å². The van der Waals surface area contributed by atoms with Gasteiger partial charge in [-0.1, -0.05) is 11.6 Å². The van der Waals surface area contributed by atoms with Crippen LogP contribution in [0.2, 0.25) is 4.34 Å². The number of ether oxygens (including phenoxy) is 2. The van der Waals surface area contributed by atoms with Crippen LogP contribution in [0.25, 0.3) is 0 Å². The minimum absolute atomic E-state index is 0.0801. The molecule has 6 nitrogen and oxygen atoms in total. The summed E-state index contributed by atoms with van der Waals surface area (Å²) < 4.78 is 22.8. The molecule has 0 aliphatic carbocycles. The molecule has 0 N–H and O–H groups in total. The number of carbonyl (C=O) groups excluding carboxylic acids is 4. The summed E-state index contributed by atoms with van der Waals surface area (Å²) in [7, 11) is 2.14. The molecule has 0 bridgehead atoms. The zero-order chi connectivity index (χ0) is 20.9. The topological polar surface area (TPSA) is 86.7 Å². The normalized spacial score (nSPS) is 12.7. The van der Waals surface area contributed by atoms with E-state index in [4.69, 9.17) is 16.3 Å². The molecule has 0 aliphatic rings. The molecule has 1 atom stereocenters. The zero-order valence-electron chi connectivity index (χ0n) is 15.0. The van der Waals surface area contributed by atoms with Gasteiger partial charge in [0.05, 0.1) is 29.9 Å². The fourth-order valence-electron chi connectivity index (χ4n) is 2.66. The van der Waals surface area contributed by atoms with Crippen molar-refractivity contribution in [3.05, 3.63) is 57.0 Å². The van der Waals surface area contributed by atoms with Crippen LogP contribution < -0.4 is 0 Å². The number of methoxy groups -OCH3 is 2. The number of rotatable bonds is 8. The van der Waals surface area contributed by atoms with Gasteiger partial charge < -0.3 is 9.47 Å². The van der Waals surface area contributed by atoms with Gasteiger partial charge in [0.15, 0.2) is 11.6 Å². The Morgan fingerprint density at radius 3 is 2.14 bits per heavy atom. The first kappa shape index (κ1) is 21.7. The lowest BCUT2D eigenvalue weighted by atomic mass is 9.74. The van der Waals surface area contributed by atoms with Crippen molar-refractivity contribution in [2.45, 2.75) is 12.8 Å². The van der Waals surface area contributed by atoms with Crippen LogP contribution in [0.5, 0.6) is 0 Å². The van der Waals surface area contributed by atoms with Crippen LogP contribution in [-0.2, 0) is 19.1 Å². The lowest BCUT2D eigenvalue weighted by Gasteiger charge is -2.27. The van der Waals surface area contributed by atoms with E-state index in [9.17, 15) is 23.6 Å². The number of esters is 2. The number of hydrogen-bond acceptors (Lipinski definition) is 7. The van der Waals surface area contributed by atoms with Gasteiger partial charge in [-0.2, -0.15) is 0 Å². The number of ketones is 2. The van der Waals surface area contributed by atoms with E-state index in [1.54, 1.807) is 0 Å². The van der Waals surface area contributed by atoms with E-state index in [1.807, 2.05) is 0 Å². The third kappa shape index (κ3) is 4.63. The summed E-state index contributed by atoms with van der Waals surface area (Å²) in [4.78, 5) is 50.6. The molecule has 0 saturated carbocycles. The second-order valence-electron chi connectivity index (χ2n) is 5.87. The van der Waals surface area contributed by atoms with E-state index in [1.165, 1.54) is 24.3 Å². The van der Waals surface area contributed by atoms with Crippen molar-refractivity contribution in [2.24, 2.45) is 5.41 Å². The Balaban J connectivity index is 2.52. The monoisotopic (exact) mass is 426 g/mol. The Morgan fingerprint density at radius 1 is 1.00 bits per heavy atom. The predicted octanol–water partition coefficient (Wildman–Crippen LogP) is 3.72. The Labute approximate surface area is 169 Å². The molecule has 0 saturated heterocycles. The molecule has 148 valence electrons. The van der Waals surface area contributed by atoms with Crippen LogP contribution in [0.3, 0.4) is 0 Å². The highest BCUT2D eigenvalue weighted by atomic mass is 35.5. The van der Waals surface area contributed by atoms with Gasteiger partial charge in [-0.15, -0.1) is 11.3 Å². The molecule has 1 heterocycles. The molecule has 1 aromatic heterocycles. The van der Waals surface area contributed by atoms with Crippen LogP contribution in [0.1, 0.15) is 32.9 Å². The standard InChI is InChI=1S/C19H16ClFO6S/c1-26-16(23)10-19(18(25)27-2,17(24)14-7-8-15(20)28-14)9-13(22)11-3-5-12(21)6-4-11/h3-8H,9-10H2,1-2H3. The van der Waals surface area contributed by atoms with Gasteiger partial charge in [-0.3, -0.25) is 19.2 Å². The quantitative estimate of drug-likeness (QED) is 0.363. The zero-order valence-corrected chi connectivity index (χ0v) is 16.6. The summed E-state index contributed by atoms with van der Waals surface area (Å²) in [5.74, 6) is -3.88. The van der Waals surface area contributed by atoms with Crippen molar-refractivity contribution in [1.82, 2.24) is 0 Å². The van der Waals surface area contributed by atoms with Gasteiger partial charge in [0.1, 0.15) is 11.2 Å². The average Bonchev–Trinajstić information content (AvgIpc) is 3.12. The van der Waals surface area contributed by atoms with Crippen molar-refractivity contribution in [1.29, 1.82) is 0 Å². The highest BCUT2D eigenvalue weighted by Gasteiger charge is 2.51. The highest BCUT2D eigenvalue weighted by molar-refractivity contribution is 7.18. The first-order valence-corrected chi connectivity index (χ1v) is 9.17. The van der Waals surface area contributed by atoms with Crippen LogP contribution in [0.4, 0.5) is 4.39 Å². The fourth-order valence-corrected chi connectivity index (χ4v) is 3.74. The predicted molar refractivity (Wildman–Crippen MR) is 100 cm³/mol. The third-order valence-electron chi connectivity index (χ3n) is 4.11. The summed E-state index contributed by atoms with van der Waals surface area (Å²) in [6.07, 6.45) is -1.35. The molecular formula is C19H16ClFO6S. The first-order chi connectivity index (χ1) is 13.2. The molecule has 0 fully saturated rings. The lowest BCUT2D eigenvalue weighted by molar-refractivity contribution is -0.156. The van der Waals surface area contributed by atoms with Crippen molar-refractivity contribution < 1.29 is 33.0 Å². The van der Waals surface area contributed by atoms with Crippen LogP contribution in [0.15, 0.2) is 36.4 Å². The van der Waals surface area contributed by atoms with Gasteiger partial charge in [-0.25, -0.2) is 4.39 Å². The highest BCUT2D eigenvalue weighted by Crippen LogP contribution is 2.37. The Morgan fingerprint density at radius 2 is 1.64 bits per heavy atom. The summed E-state index contributed by atoms with van der Waals surface area (Å²) in [6, 6.07) is 7.46. The molecule has 2 aromatic rings. The van der Waals surface area contributed by atoms with Crippen LogP contribution >= 0.6 is 22.9 Å². The SMILES string of the molecule is COC(=O)CC(CC(=O)c1ccc(F)cc1)(C(=O)OC)C(=O)c1ccc(Cl)s1. The molecule has 1 aromatic carbocycles. The first-order valence-electron chi connectivity index (χ1n) is 7.97.